The Kier molecular flexibility index (Phi) is 3.46. The predicted molar refractivity (Wildman–Crippen MR) is 38.6 cm³/mol. The average Bonchev–Trinajstić information content (AvgIpc) is 1.84. The van der Waals surface area contributed by atoms with Gasteiger partial charge in [0.05, 0.1) is 12.5 Å². The molecule has 0 rings (SSSR count). The normalized spacial score (nSPS) is 12.4. The fourth-order valence-corrected chi connectivity index (χ4v) is 0.391. The van der Waals surface area contributed by atoms with E-state index in [9.17, 15) is 4.79 Å². The molecule has 0 saturated carbocycles. The Morgan fingerprint density at radius 3 is 2.33 bits per heavy atom. The molecule has 0 spiro atoms. The van der Waals surface area contributed by atoms with Crippen molar-refractivity contribution in [2.45, 2.75) is 12.3 Å². The molecule has 0 saturated heterocycles. The molecule has 0 fully saturated rings. The number of hydrogen-bond donors (Lipinski definition) is 1. The third-order valence-corrected chi connectivity index (χ3v) is 1.37. The standard InChI is InChI=1S/C5H11NO2S/c1-4(9)6(2)5(7)8-3/h4,9H,1-3H3. The summed E-state index contributed by atoms with van der Waals surface area (Å²) in [5.41, 5.74) is 0. The van der Waals surface area contributed by atoms with Crippen molar-refractivity contribution in [3.8, 4) is 0 Å². The van der Waals surface area contributed by atoms with Gasteiger partial charge in [-0.1, -0.05) is 0 Å². The van der Waals surface area contributed by atoms with E-state index in [0.29, 0.717) is 0 Å². The Bertz CT molecular complexity index is 105. The highest BCUT2D eigenvalue weighted by Crippen LogP contribution is 2.00. The van der Waals surface area contributed by atoms with Crippen LogP contribution in [0.25, 0.3) is 0 Å². The number of methoxy groups -OCH3 is 1. The summed E-state index contributed by atoms with van der Waals surface area (Å²) in [6.07, 6.45) is -0.363. The largest absolute Gasteiger partial charge is 0.453 e. The first-order chi connectivity index (χ1) is 4.09. The van der Waals surface area contributed by atoms with Crippen LogP contribution in [0.4, 0.5) is 4.79 Å². The molecule has 0 aromatic carbocycles. The van der Waals surface area contributed by atoms with Crippen molar-refractivity contribution >= 4 is 18.7 Å². The summed E-state index contributed by atoms with van der Waals surface area (Å²) in [7, 11) is 2.97. The second-order valence-electron chi connectivity index (χ2n) is 1.71. The van der Waals surface area contributed by atoms with E-state index in [4.69, 9.17) is 0 Å². The van der Waals surface area contributed by atoms with Crippen LogP contribution >= 0.6 is 12.6 Å². The number of thiol groups is 1. The zero-order valence-corrected chi connectivity index (χ0v) is 6.68. The molecule has 0 aliphatic heterocycles. The van der Waals surface area contributed by atoms with Crippen LogP contribution in [0, 0.1) is 0 Å². The Balaban J connectivity index is 3.72. The minimum absolute atomic E-state index is 0.0996. The molecule has 1 unspecified atom stereocenters. The molecule has 1 amide bonds. The van der Waals surface area contributed by atoms with Crippen LogP contribution in [0.5, 0.6) is 0 Å². The maximum atomic E-state index is 10.6. The SMILES string of the molecule is COC(=O)N(C)C(C)S. The highest BCUT2D eigenvalue weighted by atomic mass is 32.1. The summed E-state index contributed by atoms with van der Waals surface area (Å²) in [6, 6.07) is 0. The van der Waals surface area contributed by atoms with Crippen molar-refractivity contribution in [3.63, 3.8) is 0 Å². The molecule has 0 aliphatic rings. The number of carbonyl (C=O) groups excluding carboxylic acids is 1. The molecule has 0 aromatic heterocycles. The molecule has 0 heterocycles. The maximum absolute atomic E-state index is 10.6. The van der Waals surface area contributed by atoms with Crippen molar-refractivity contribution in [2.75, 3.05) is 14.2 Å². The van der Waals surface area contributed by atoms with Gasteiger partial charge >= 0.3 is 6.09 Å². The van der Waals surface area contributed by atoms with Crippen LogP contribution in [0.2, 0.25) is 0 Å². The summed E-state index contributed by atoms with van der Waals surface area (Å²) >= 11 is 4.01. The van der Waals surface area contributed by atoms with Gasteiger partial charge in [-0.15, -0.1) is 0 Å². The van der Waals surface area contributed by atoms with E-state index in [1.54, 1.807) is 14.0 Å². The number of nitrogens with zero attached hydrogens (tertiary/aromatic N) is 1. The molecule has 0 bridgehead atoms. The number of hydrogen-bond acceptors (Lipinski definition) is 3. The van der Waals surface area contributed by atoms with Crippen LogP contribution in [-0.2, 0) is 4.74 Å². The lowest BCUT2D eigenvalue weighted by molar-refractivity contribution is 0.132. The summed E-state index contributed by atoms with van der Waals surface area (Å²) < 4.78 is 4.41. The van der Waals surface area contributed by atoms with Crippen LogP contribution in [0.1, 0.15) is 6.92 Å². The van der Waals surface area contributed by atoms with Gasteiger partial charge < -0.3 is 4.74 Å². The highest BCUT2D eigenvalue weighted by Gasteiger charge is 2.10. The molecule has 54 valence electrons. The van der Waals surface area contributed by atoms with Gasteiger partial charge in [0.25, 0.3) is 0 Å². The lowest BCUT2D eigenvalue weighted by atomic mass is 10.6. The van der Waals surface area contributed by atoms with E-state index in [1.807, 2.05) is 0 Å². The molecule has 0 radical (unpaired) electrons. The lowest BCUT2D eigenvalue weighted by Gasteiger charge is -2.18. The van der Waals surface area contributed by atoms with E-state index < -0.39 is 0 Å². The van der Waals surface area contributed by atoms with Crippen LogP contribution < -0.4 is 0 Å². The van der Waals surface area contributed by atoms with Crippen molar-refractivity contribution in [1.29, 1.82) is 0 Å². The third kappa shape index (κ3) is 2.60. The van der Waals surface area contributed by atoms with Crippen molar-refractivity contribution in [3.05, 3.63) is 0 Å². The summed E-state index contributed by atoms with van der Waals surface area (Å²) in [4.78, 5) is 12.0. The molecule has 1 atom stereocenters. The van der Waals surface area contributed by atoms with Gasteiger partial charge in [-0.3, -0.25) is 4.90 Å². The second-order valence-corrected chi connectivity index (χ2v) is 2.46. The van der Waals surface area contributed by atoms with E-state index in [2.05, 4.69) is 17.4 Å². The van der Waals surface area contributed by atoms with Gasteiger partial charge in [-0.2, -0.15) is 12.6 Å². The average molecular weight is 149 g/mol. The van der Waals surface area contributed by atoms with Crippen LogP contribution in [0.3, 0.4) is 0 Å². The van der Waals surface area contributed by atoms with Gasteiger partial charge in [-0.05, 0) is 6.92 Å². The number of rotatable bonds is 1. The first-order valence-electron chi connectivity index (χ1n) is 2.58. The third-order valence-electron chi connectivity index (χ3n) is 1.02. The van der Waals surface area contributed by atoms with Gasteiger partial charge in [0.2, 0.25) is 0 Å². The molecular formula is C5H11NO2S. The highest BCUT2D eigenvalue weighted by molar-refractivity contribution is 7.80. The Morgan fingerprint density at radius 1 is 1.78 bits per heavy atom. The van der Waals surface area contributed by atoms with Gasteiger partial charge in [-0.25, -0.2) is 4.79 Å². The van der Waals surface area contributed by atoms with E-state index in [0.717, 1.165) is 0 Å². The van der Waals surface area contributed by atoms with Crippen molar-refractivity contribution in [2.24, 2.45) is 0 Å². The van der Waals surface area contributed by atoms with E-state index in [-0.39, 0.29) is 11.5 Å². The molecule has 3 nitrogen and oxygen atoms in total. The minimum atomic E-state index is -0.363. The first kappa shape index (κ1) is 8.62. The maximum Gasteiger partial charge on any atom is 0.410 e. The summed E-state index contributed by atoms with van der Waals surface area (Å²) in [5, 5.41) is -0.0996. The van der Waals surface area contributed by atoms with Crippen LogP contribution in [-0.4, -0.2) is 30.5 Å². The Labute approximate surface area is 60.4 Å². The van der Waals surface area contributed by atoms with Crippen molar-refractivity contribution < 1.29 is 9.53 Å². The minimum Gasteiger partial charge on any atom is -0.453 e. The summed E-state index contributed by atoms with van der Waals surface area (Å²) in [6.45, 7) is 1.79. The molecule has 0 aliphatic carbocycles. The van der Waals surface area contributed by atoms with Crippen LogP contribution in [0.15, 0.2) is 0 Å². The zero-order valence-electron chi connectivity index (χ0n) is 5.79. The number of ether oxygens (including phenoxy) is 1. The topological polar surface area (TPSA) is 29.5 Å². The smallest absolute Gasteiger partial charge is 0.410 e. The quantitative estimate of drug-likeness (QED) is 0.444. The van der Waals surface area contributed by atoms with Gasteiger partial charge in [0, 0.05) is 7.05 Å². The first-order valence-corrected chi connectivity index (χ1v) is 3.10. The number of amides is 1. The monoisotopic (exact) mass is 149 g/mol. The second kappa shape index (κ2) is 3.61. The molecule has 0 aromatic rings. The van der Waals surface area contributed by atoms with Crippen molar-refractivity contribution in [1.82, 2.24) is 4.90 Å². The molecule has 0 N–H and O–H groups in total. The Hall–Kier alpha value is -0.380. The lowest BCUT2D eigenvalue weighted by Crippen LogP contribution is -2.31. The Morgan fingerprint density at radius 2 is 2.22 bits per heavy atom. The fourth-order valence-electron chi connectivity index (χ4n) is 0.297. The van der Waals surface area contributed by atoms with Gasteiger partial charge in [0.15, 0.2) is 0 Å². The fraction of sp³-hybridized carbons (Fsp3) is 0.800. The number of carbonyl (C=O) groups is 1. The summed E-state index contributed by atoms with van der Waals surface area (Å²) in [5.74, 6) is 0. The molecular weight excluding hydrogens is 138 g/mol. The van der Waals surface area contributed by atoms with E-state index >= 15 is 0 Å². The predicted octanol–water partition coefficient (Wildman–Crippen LogP) is 0.960. The molecule has 9 heavy (non-hydrogen) atoms. The molecule has 4 heteroatoms. The zero-order chi connectivity index (χ0) is 7.44. The van der Waals surface area contributed by atoms with E-state index in [1.165, 1.54) is 12.0 Å². The van der Waals surface area contributed by atoms with Gasteiger partial charge in [0.1, 0.15) is 0 Å².